The average Bonchev–Trinajstić information content (AvgIpc) is 3.85. The summed E-state index contributed by atoms with van der Waals surface area (Å²) in [6.07, 6.45) is 7.19. The number of imidazole rings is 2. The number of nitrogens with zero attached hydrogens (tertiary/aromatic N) is 4. The van der Waals surface area contributed by atoms with Gasteiger partial charge in [-0.15, -0.1) is 0 Å². The number of aromatic nitrogens is 4. The van der Waals surface area contributed by atoms with Gasteiger partial charge in [0.25, 0.3) is 0 Å². The van der Waals surface area contributed by atoms with Crippen LogP contribution in [0.1, 0.15) is 87.4 Å². The molecule has 3 aliphatic heterocycles. The Balaban J connectivity index is 0.894. The molecule has 0 unspecified atom stereocenters. The van der Waals surface area contributed by atoms with Crippen LogP contribution in [0.2, 0.25) is 0 Å². The van der Waals surface area contributed by atoms with E-state index < -0.39 is 24.3 Å². The lowest BCUT2D eigenvalue weighted by atomic mass is 9.80. The van der Waals surface area contributed by atoms with Crippen LogP contribution in [0.4, 0.5) is 9.59 Å². The number of nitrogens with one attached hydrogen (secondary N) is 4. The first-order valence-corrected chi connectivity index (χ1v) is 21.2. The molecule has 2 aliphatic carbocycles. The molecule has 4 amide bonds. The SMILES string of the molecule is C=C(C)[C@H](NC(=O)OC)C(=O)N1[C@@H]2CC[C@@H]2C[C@H]1c1ncc(C#Cc2ccc3cc(-c4cnc([C@@H]5C[C@H]6[C@@H](C)[C@H]6N5C(=O)[C@@H](NC(=O)OC)C5CCOCC5)[nH]4)ccc3c2)[nH]1. The molecular formula is C46H52N8O7. The summed E-state index contributed by atoms with van der Waals surface area (Å²) >= 11 is 0. The van der Waals surface area contributed by atoms with Crippen LogP contribution in [-0.2, 0) is 23.8 Å². The summed E-state index contributed by atoms with van der Waals surface area (Å²) in [7, 11) is 2.59. The van der Waals surface area contributed by atoms with Crippen LogP contribution < -0.4 is 10.6 Å². The third kappa shape index (κ3) is 7.62. The van der Waals surface area contributed by atoms with Gasteiger partial charge in [-0.25, -0.2) is 19.6 Å². The molecule has 61 heavy (non-hydrogen) atoms. The van der Waals surface area contributed by atoms with Crippen LogP contribution in [0.5, 0.6) is 0 Å². The molecule has 5 heterocycles. The van der Waals surface area contributed by atoms with E-state index >= 15 is 0 Å². The van der Waals surface area contributed by atoms with Crippen LogP contribution in [0, 0.1) is 35.5 Å². The third-order valence-corrected chi connectivity index (χ3v) is 13.7. The van der Waals surface area contributed by atoms with Crippen molar-refractivity contribution < 1.29 is 33.4 Å². The number of piperidine rings is 1. The second-order valence-electron chi connectivity index (χ2n) is 17.3. The number of hydrogen-bond donors (Lipinski definition) is 4. The molecule has 15 heteroatoms. The molecule has 2 aromatic heterocycles. The van der Waals surface area contributed by atoms with E-state index in [9.17, 15) is 19.2 Å². The summed E-state index contributed by atoms with van der Waals surface area (Å²) in [5.74, 6) is 8.74. The predicted octanol–water partition coefficient (Wildman–Crippen LogP) is 5.76. The topological polar surface area (TPSA) is 184 Å². The Hall–Kier alpha value is -6.14. The first kappa shape index (κ1) is 40.3. The van der Waals surface area contributed by atoms with Gasteiger partial charge in [0, 0.05) is 36.4 Å². The molecule has 5 aliphatic rings. The molecular weight excluding hydrogens is 777 g/mol. The van der Waals surface area contributed by atoms with Crippen molar-refractivity contribution in [1.82, 2.24) is 40.4 Å². The van der Waals surface area contributed by atoms with Crippen LogP contribution in [0.15, 0.2) is 60.9 Å². The lowest BCUT2D eigenvalue weighted by molar-refractivity contribution is -0.138. The molecule has 9 atom stereocenters. The van der Waals surface area contributed by atoms with E-state index in [1.807, 2.05) is 28.1 Å². The van der Waals surface area contributed by atoms with E-state index in [1.165, 1.54) is 14.2 Å². The van der Waals surface area contributed by atoms with Gasteiger partial charge in [0.1, 0.15) is 29.4 Å². The highest BCUT2D eigenvalue weighted by Crippen LogP contribution is 2.58. The fourth-order valence-corrected chi connectivity index (χ4v) is 10.2. The largest absolute Gasteiger partial charge is 0.453 e. The number of carbonyl (C=O) groups is 4. The maximum Gasteiger partial charge on any atom is 0.407 e. The number of benzene rings is 2. The Bertz CT molecular complexity index is 2440. The van der Waals surface area contributed by atoms with E-state index in [-0.39, 0.29) is 41.9 Å². The second kappa shape index (κ2) is 16.4. The minimum atomic E-state index is -0.890. The minimum Gasteiger partial charge on any atom is -0.453 e. The summed E-state index contributed by atoms with van der Waals surface area (Å²) < 4.78 is 15.3. The maximum atomic E-state index is 14.4. The second-order valence-corrected chi connectivity index (χ2v) is 17.3. The lowest BCUT2D eigenvalue weighted by Gasteiger charge is -2.38. The highest BCUT2D eigenvalue weighted by atomic mass is 16.5. The normalized spacial score (nSPS) is 26.2. The first-order chi connectivity index (χ1) is 29.5. The third-order valence-electron chi connectivity index (χ3n) is 13.7. The molecule has 0 bridgehead atoms. The molecule has 2 aromatic carbocycles. The van der Waals surface area contributed by atoms with E-state index in [2.05, 4.69) is 75.2 Å². The molecule has 5 fully saturated rings. The predicted molar refractivity (Wildman–Crippen MR) is 224 cm³/mol. The molecule has 4 aromatic rings. The van der Waals surface area contributed by atoms with Crippen molar-refractivity contribution in [2.75, 3.05) is 27.4 Å². The molecule has 0 radical (unpaired) electrons. The Labute approximate surface area is 354 Å². The van der Waals surface area contributed by atoms with Crippen LogP contribution >= 0.6 is 0 Å². The summed E-state index contributed by atoms with van der Waals surface area (Å²) in [5, 5.41) is 7.58. The zero-order valence-electron chi connectivity index (χ0n) is 34.9. The Morgan fingerprint density at radius 2 is 1.56 bits per heavy atom. The quantitative estimate of drug-likeness (QED) is 0.120. The fourth-order valence-electron chi connectivity index (χ4n) is 10.2. The number of likely N-dealkylation sites (tertiary alicyclic amines) is 2. The highest BCUT2D eigenvalue weighted by molar-refractivity contribution is 5.90. The van der Waals surface area contributed by atoms with Crippen molar-refractivity contribution in [2.45, 2.75) is 88.6 Å². The van der Waals surface area contributed by atoms with Crippen molar-refractivity contribution in [1.29, 1.82) is 0 Å². The molecule has 4 N–H and O–H groups in total. The van der Waals surface area contributed by atoms with Gasteiger partial charge in [0.2, 0.25) is 11.8 Å². The first-order valence-electron chi connectivity index (χ1n) is 21.2. The molecule has 0 spiro atoms. The van der Waals surface area contributed by atoms with Crippen LogP contribution in [0.3, 0.4) is 0 Å². The number of aromatic amines is 2. The van der Waals surface area contributed by atoms with Gasteiger partial charge >= 0.3 is 12.2 Å². The number of rotatable bonds is 9. The zero-order valence-corrected chi connectivity index (χ0v) is 34.9. The minimum absolute atomic E-state index is 0.0362. The van der Waals surface area contributed by atoms with Gasteiger partial charge in [-0.1, -0.05) is 37.6 Å². The molecule has 9 rings (SSSR count). The van der Waals surface area contributed by atoms with Gasteiger partial charge in [-0.05, 0) is 110 Å². The van der Waals surface area contributed by atoms with E-state index in [4.69, 9.17) is 19.2 Å². The standard InChI is InChI=1S/C46H52N8O7/c1-24(2)38(51-45(57)59-4)43(55)53-35-13-11-31(35)20-36(53)41-47-22-32(49-41)12-7-26-6-8-29-19-30(10-9-28(29)18-26)34-23-48-42(50-34)37-21-33-25(3)40(33)54(37)44(56)39(52-46(58)60-5)27-14-16-61-17-15-27/h6,8-10,18-19,22-23,25,27,31,33,35-40H,1,11,13-17,20-21H2,2-5H3,(H,47,49)(H,48,50)(H,51,57)(H,52,58)/t25-,31-,33+,35-,36+,37+,38+,39+,40-/m1/s1. The van der Waals surface area contributed by atoms with E-state index in [1.54, 1.807) is 13.1 Å². The summed E-state index contributed by atoms with van der Waals surface area (Å²) in [6.45, 7) is 8.97. The number of H-pyrrole nitrogens is 2. The lowest BCUT2D eigenvalue weighted by Crippen LogP contribution is -2.54. The monoisotopic (exact) mass is 828 g/mol. The van der Waals surface area contributed by atoms with E-state index in [0.29, 0.717) is 60.9 Å². The number of ether oxygens (including phenoxy) is 3. The van der Waals surface area contributed by atoms with E-state index in [0.717, 1.165) is 59.1 Å². The van der Waals surface area contributed by atoms with Gasteiger partial charge in [-0.3, -0.25) is 9.59 Å². The van der Waals surface area contributed by atoms with Crippen molar-refractivity contribution >= 4 is 34.8 Å². The number of fused-ring (bicyclic) bond motifs is 3. The van der Waals surface area contributed by atoms with Gasteiger partial charge in [0.15, 0.2) is 0 Å². The zero-order chi connectivity index (χ0) is 42.5. The Kier molecular flexibility index (Phi) is 10.8. The highest BCUT2D eigenvalue weighted by Gasteiger charge is 2.62. The van der Waals surface area contributed by atoms with Crippen molar-refractivity contribution in [3.8, 4) is 23.1 Å². The summed E-state index contributed by atoms with van der Waals surface area (Å²) in [5.41, 5.74) is 3.85. The molecule has 15 nitrogen and oxygen atoms in total. The summed E-state index contributed by atoms with van der Waals surface area (Å²) in [6, 6.07) is 10.5. The van der Waals surface area contributed by atoms with Crippen LogP contribution in [-0.4, -0.2) is 105 Å². The molecule has 318 valence electrons. The Morgan fingerprint density at radius 3 is 2.30 bits per heavy atom. The number of hydrogen-bond acceptors (Lipinski definition) is 9. The smallest absolute Gasteiger partial charge is 0.407 e. The Morgan fingerprint density at radius 1 is 0.852 bits per heavy atom. The molecule has 2 saturated carbocycles. The van der Waals surface area contributed by atoms with Crippen LogP contribution in [0.25, 0.3) is 22.0 Å². The maximum absolute atomic E-state index is 14.4. The van der Waals surface area contributed by atoms with Crippen molar-refractivity contribution in [2.24, 2.45) is 23.7 Å². The number of carbonyl (C=O) groups excluding carboxylic acids is 4. The van der Waals surface area contributed by atoms with Crippen molar-refractivity contribution in [3.05, 3.63) is 83.9 Å². The number of amides is 4. The van der Waals surface area contributed by atoms with Gasteiger partial charge < -0.3 is 44.6 Å². The summed E-state index contributed by atoms with van der Waals surface area (Å²) in [4.78, 5) is 72.9. The number of alkyl carbamates (subject to hydrolysis) is 2. The molecule has 3 saturated heterocycles. The van der Waals surface area contributed by atoms with Crippen molar-refractivity contribution in [3.63, 3.8) is 0 Å². The van der Waals surface area contributed by atoms with Gasteiger partial charge in [-0.2, -0.15) is 0 Å². The number of methoxy groups -OCH3 is 2. The fraction of sp³-hybridized carbons (Fsp3) is 0.478. The van der Waals surface area contributed by atoms with Gasteiger partial charge in [0.05, 0.1) is 44.4 Å². The average molecular weight is 829 g/mol.